The number of halogens is 1. The molecule has 3 aromatic carbocycles. The number of carbonyl (C=O) groups is 1. The molecule has 10 heteroatoms. The fourth-order valence-electron chi connectivity index (χ4n) is 9.01. The largest absolute Gasteiger partial charge is 0.472 e. The average molecular weight is 657 g/mol. The Labute approximate surface area is 283 Å². The van der Waals surface area contributed by atoms with Crippen LogP contribution in [0.5, 0.6) is 5.88 Å². The van der Waals surface area contributed by atoms with E-state index in [9.17, 15) is 20.4 Å². The fourth-order valence-corrected chi connectivity index (χ4v) is 9.01. The molecular weight excluding hydrogens is 619 g/mol. The summed E-state index contributed by atoms with van der Waals surface area (Å²) in [7, 11) is 2.09. The van der Waals surface area contributed by atoms with E-state index in [4.69, 9.17) is 9.72 Å². The third-order valence-corrected chi connectivity index (χ3v) is 11.3. The number of likely N-dealkylation sites (N-methyl/N-ethyl adjacent to an activating group) is 1. The van der Waals surface area contributed by atoms with E-state index in [1.165, 1.54) is 4.90 Å². The van der Waals surface area contributed by atoms with Crippen LogP contribution in [0.25, 0.3) is 43.7 Å². The van der Waals surface area contributed by atoms with E-state index in [1.807, 2.05) is 56.3 Å². The zero-order valence-corrected chi connectivity index (χ0v) is 27.8. The highest BCUT2D eigenvalue weighted by atomic mass is 19.1. The van der Waals surface area contributed by atoms with Gasteiger partial charge in [0.1, 0.15) is 11.6 Å². The number of carboxylic acid groups (broad SMARTS) is 1. The molecule has 3 saturated heterocycles. The van der Waals surface area contributed by atoms with Crippen LogP contribution in [-0.2, 0) is 6.42 Å². The maximum atomic E-state index is 17.6. The van der Waals surface area contributed by atoms with E-state index < -0.39 is 11.9 Å². The third-order valence-electron chi connectivity index (χ3n) is 11.3. The van der Waals surface area contributed by atoms with Crippen molar-refractivity contribution in [2.45, 2.75) is 70.2 Å². The molecule has 9 rings (SSSR count). The van der Waals surface area contributed by atoms with E-state index in [0.29, 0.717) is 51.9 Å². The van der Waals surface area contributed by atoms with Crippen molar-refractivity contribution in [3.63, 3.8) is 0 Å². The molecule has 0 radical (unpaired) electrons. The first-order valence-electron chi connectivity index (χ1n) is 17.0. The number of aromatic nitrogens is 2. The predicted molar refractivity (Wildman–Crippen MR) is 185 cm³/mol. The smallest absolute Gasteiger partial charge is 0.407 e. The standard InChI is InChI=1S/C39H37FN6O3/c1-21-16-29-37(46(21)36-26-18-31(36)45(20-26)39(47)48)28-17-24(11-6-14-41)33(27-12-5-9-23-8-4-10-25(19-42)32(23)27)34(40)35(28)43-38(29)49-22(2)30-13-7-15-44(30)3/h4-5,8-10,12,16-17,22,26,30-31,36H,6-7,11,13,15,18,20H2,1-3H3,(H,47,48)/t22-,26+,30-,31+,36-/m0/s1. The van der Waals surface area contributed by atoms with Gasteiger partial charge in [0.15, 0.2) is 5.82 Å². The molecule has 49 heavy (non-hydrogen) atoms. The van der Waals surface area contributed by atoms with E-state index >= 15 is 4.39 Å². The second-order valence-corrected chi connectivity index (χ2v) is 13.9. The Morgan fingerprint density at radius 3 is 2.67 bits per heavy atom. The topological polar surface area (TPSA) is 118 Å². The minimum atomic E-state index is -0.921. The molecule has 5 heterocycles. The van der Waals surface area contributed by atoms with Gasteiger partial charge < -0.3 is 19.3 Å². The maximum absolute atomic E-state index is 17.6. The molecular formula is C39H37FN6O3. The van der Waals surface area contributed by atoms with Crippen molar-refractivity contribution in [3.05, 3.63) is 71.2 Å². The Hall–Kier alpha value is -5.19. The van der Waals surface area contributed by atoms with Crippen LogP contribution in [0, 0.1) is 41.3 Å². The van der Waals surface area contributed by atoms with E-state index in [2.05, 4.69) is 28.7 Å². The van der Waals surface area contributed by atoms with Gasteiger partial charge in [-0.1, -0.05) is 30.3 Å². The summed E-state index contributed by atoms with van der Waals surface area (Å²) in [4.78, 5) is 20.9. The molecule has 1 amide bonds. The Bertz CT molecular complexity index is 2260. The summed E-state index contributed by atoms with van der Waals surface area (Å²) in [6.07, 6.45) is 2.22. The number of pyridine rings is 1. The number of hydrogen-bond acceptors (Lipinski definition) is 6. The van der Waals surface area contributed by atoms with Crippen LogP contribution in [-0.4, -0.2) is 68.9 Å². The average Bonchev–Trinajstić information content (AvgIpc) is 3.88. The first-order valence-corrected chi connectivity index (χ1v) is 17.0. The molecule has 5 atom stereocenters. The minimum absolute atomic E-state index is 0.0908. The summed E-state index contributed by atoms with van der Waals surface area (Å²) in [5.74, 6) is -0.0299. The highest BCUT2D eigenvalue weighted by molar-refractivity contribution is 6.10. The van der Waals surface area contributed by atoms with Gasteiger partial charge in [0.05, 0.1) is 40.7 Å². The van der Waals surface area contributed by atoms with Gasteiger partial charge in [0.25, 0.3) is 0 Å². The molecule has 1 aliphatic carbocycles. The van der Waals surface area contributed by atoms with Gasteiger partial charge in [-0.25, -0.2) is 14.2 Å². The number of nitrogens with zero attached hydrogens (tertiary/aromatic N) is 6. The number of likely N-dealkylation sites (tertiary alicyclic amines) is 1. The van der Waals surface area contributed by atoms with Crippen molar-refractivity contribution in [2.75, 3.05) is 20.1 Å². The van der Waals surface area contributed by atoms with Crippen molar-refractivity contribution in [1.82, 2.24) is 19.4 Å². The number of fused-ring (bicyclic) bond motifs is 5. The van der Waals surface area contributed by atoms with Crippen LogP contribution in [0.4, 0.5) is 9.18 Å². The van der Waals surface area contributed by atoms with Gasteiger partial charge in [-0.15, -0.1) is 0 Å². The second-order valence-electron chi connectivity index (χ2n) is 13.9. The highest BCUT2D eigenvalue weighted by Crippen LogP contribution is 2.53. The molecule has 5 aromatic rings. The minimum Gasteiger partial charge on any atom is -0.472 e. The summed E-state index contributed by atoms with van der Waals surface area (Å²) < 4.78 is 26.5. The number of ether oxygens (including phenoxy) is 1. The maximum Gasteiger partial charge on any atom is 0.407 e. The van der Waals surface area contributed by atoms with Crippen molar-refractivity contribution >= 4 is 38.7 Å². The van der Waals surface area contributed by atoms with Gasteiger partial charge in [-0.05, 0) is 87.8 Å². The lowest BCUT2D eigenvalue weighted by Gasteiger charge is -2.38. The normalized spacial score (nSPS) is 22.4. The summed E-state index contributed by atoms with van der Waals surface area (Å²) in [5, 5.41) is 32.5. The first kappa shape index (κ1) is 31.1. The van der Waals surface area contributed by atoms with Crippen LogP contribution in [0.3, 0.4) is 0 Å². The van der Waals surface area contributed by atoms with Crippen molar-refractivity contribution in [1.29, 1.82) is 10.5 Å². The summed E-state index contributed by atoms with van der Waals surface area (Å²) in [6.45, 7) is 5.50. The zero-order chi connectivity index (χ0) is 34.1. The van der Waals surface area contributed by atoms with Crippen molar-refractivity contribution in [3.8, 4) is 29.1 Å². The number of hydrogen-bond donors (Lipinski definition) is 1. The van der Waals surface area contributed by atoms with Crippen LogP contribution in [0.2, 0.25) is 0 Å². The third kappa shape index (κ3) is 4.73. The molecule has 1 saturated carbocycles. The van der Waals surface area contributed by atoms with E-state index in [0.717, 1.165) is 47.8 Å². The van der Waals surface area contributed by atoms with Crippen LogP contribution < -0.4 is 4.74 Å². The van der Waals surface area contributed by atoms with Gasteiger partial charge in [0.2, 0.25) is 5.88 Å². The van der Waals surface area contributed by atoms with Crippen LogP contribution in [0.15, 0.2) is 48.5 Å². The number of aryl methyl sites for hydroxylation is 2. The molecule has 2 aromatic heterocycles. The van der Waals surface area contributed by atoms with Gasteiger partial charge >= 0.3 is 6.09 Å². The van der Waals surface area contributed by atoms with Gasteiger partial charge in [-0.3, -0.25) is 4.90 Å². The Morgan fingerprint density at radius 1 is 1.18 bits per heavy atom. The Kier molecular flexibility index (Phi) is 7.46. The van der Waals surface area contributed by atoms with E-state index in [1.54, 1.807) is 6.07 Å². The molecule has 1 N–H and O–H groups in total. The summed E-state index contributed by atoms with van der Waals surface area (Å²) in [5.41, 5.74) is 3.85. The number of rotatable bonds is 7. The lowest BCUT2D eigenvalue weighted by atomic mass is 9.79. The Morgan fingerprint density at radius 2 is 1.98 bits per heavy atom. The van der Waals surface area contributed by atoms with Gasteiger partial charge in [0, 0.05) is 47.0 Å². The molecule has 0 unspecified atom stereocenters. The van der Waals surface area contributed by atoms with Gasteiger partial charge in [-0.2, -0.15) is 10.5 Å². The zero-order valence-electron chi connectivity index (χ0n) is 27.8. The second kappa shape index (κ2) is 11.7. The van der Waals surface area contributed by atoms with E-state index in [-0.39, 0.29) is 42.1 Å². The molecule has 248 valence electrons. The number of amides is 1. The fraction of sp³-hybridized carbons (Fsp3) is 0.385. The predicted octanol–water partition coefficient (Wildman–Crippen LogP) is 7.57. The lowest BCUT2D eigenvalue weighted by molar-refractivity contribution is 0.118. The molecule has 0 spiro atoms. The number of benzene rings is 3. The molecule has 9 nitrogen and oxygen atoms in total. The molecule has 4 fully saturated rings. The highest BCUT2D eigenvalue weighted by Gasteiger charge is 2.55. The molecule has 4 aliphatic rings. The molecule has 3 aliphatic heterocycles. The first-order chi connectivity index (χ1) is 23.7. The quantitative estimate of drug-likeness (QED) is 0.192. The Balaban J connectivity index is 1.42. The van der Waals surface area contributed by atoms with Crippen LogP contribution >= 0.6 is 0 Å². The summed E-state index contributed by atoms with van der Waals surface area (Å²) >= 11 is 0. The monoisotopic (exact) mass is 656 g/mol. The van der Waals surface area contributed by atoms with Crippen molar-refractivity contribution in [2.24, 2.45) is 5.92 Å². The number of nitriles is 2. The lowest BCUT2D eigenvalue weighted by Crippen LogP contribution is -2.42. The van der Waals surface area contributed by atoms with Crippen LogP contribution in [0.1, 0.15) is 55.5 Å². The summed E-state index contributed by atoms with van der Waals surface area (Å²) in [6, 6.07) is 19.5. The SMILES string of the molecule is Cc1cc2c(O[C@@H](C)[C@@H]3CCCN3C)nc3c(F)c(-c4cccc5cccc(C#N)c45)c(CCC#N)cc3c2n1[C@H]1[C@@H]2C[C@H]1N(C(=O)O)C2. The van der Waals surface area contributed by atoms with Crippen molar-refractivity contribution < 1.29 is 19.0 Å². The molecule has 2 bridgehead atoms.